The van der Waals surface area contributed by atoms with Gasteiger partial charge in [0.25, 0.3) is 0 Å². The first kappa shape index (κ1) is 8.47. The molecule has 0 aliphatic carbocycles. The molecule has 1 fully saturated rings. The van der Waals surface area contributed by atoms with Gasteiger partial charge in [0.05, 0.1) is 6.04 Å². The number of nitrogens with one attached hydrogen (secondary N) is 1. The second-order valence-corrected chi connectivity index (χ2v) is 2.90. The van der Waals surface area contributed by atoms with Gasteiger partial charge >= 0.3 is 0 Å². The molecular weight excluding hydrogens is 138 g/mol. The molecule has 1 aliphatic rings. The highest BCUT2D eigenvalue weighted by Gasteiger charge is 2.17. The number of ketones is 1. The largest absolute Gasteiger partial charge is 0.307 e. The van der Waals surface area contributed by atoms with Crippen LogP contribution in [0.4, 0.5) is 0 Å². The van der Waals surface area contributed by atoms with Gasteiger partial charge in [0, 0.05) is 0 Å². The van der Waals surface area contributed by atoms with E-state index in [-0.39, 0.29) is 11.8 Å². The van der Waals surface area contributed by atoms with Gasteiger partial charge in [0.15, 0.2) is 5.78 Å². The molecule has 1 saturated heterocycles. The summed E-state index contributed by atoms with van der Waals surface area (Å²) in [4.78, 5) is 11.2. The number of allylic oxidation sites excluding steroid dienone is 1. The molecule has 0 aromatic heterocycles. The highest BCUT2D eigenvalue weighted by atomic mass is 16.1. The number of rotatable bonds is 2. The van der Waals surface area contributed by atoms with Crippen molar-refractivity contribution in [2.24, 2.45) is 0 Å². The van der Waals surface area contributed by atoms with Crippen molar-refractivity contribution in [3.8, 4) is 0 Å². The van der Waals surface area contributed by atoms with E-state index in [0.717, 1.165) is 13.0 Å². The summed E-state index contributed by atoms with van der Waals surface area (Å²) in [6.45, 7) is 2.87. The van der Waals surface area contributed by atoms with Crippen LogP contribution in [0.15, 0.2) is 12.2 Å². The first-order chi connectivity index (χ1) is 5.34. The molecule has 62 valence electrons. The minimum absolute atomic E-state index is 0.0972. The second-order valence-electron chi connectivity index (χ2n) is 2.90. The zero-order valence-electron chi connectivity index (χ0n) is 6.97. The summed E-state index contributed by atoms with van der Waals surface area (Å²) in [6.07, 6.45) is 6.85. The lowest BCUT2D eigenvalue weighted by molar-refractivity contribution is -0.117. The molecule has 11 heavy (non-hydrogen) atoms. The molecule has 0 bridgehead atoms. The predicted octanol–water partition coefficient (Wildman–Crippen LogP) is 1.27. The van der Waals surface area contributed by atoms with Crippen LogP contribution in [-0.4, -0.2) is 18.4 Å². The maximum atomic E-state index is 11.2. The molecule has 1 heterocycles. The molecule has 0 spiro atoms. The summed E-state index contributed by atoms with van der Waals surface area (Å²) in [5.41, 5.74) is 0. The van der Waals surface area contributed by atoms with E-state index in [0.29, 0.717) is 0 Å². The topological polar surface area (TPSA) is 29.1 Å². The summed E-state index contributed by atoms with van der Waals surface area (Å²) in [7, 11) is 0. The highest BCUT2D eigenvalue weighted by Crippen LogP contribution is 2.07. The van der Waals surface area contributed by atoms with Crippen LogP contribution in [-0.2, 0) is 4.79 Å². The smallest absolute Gasteiger partial charge is 0.172 e. The standard InChI is InChI=1S/C9H15NO/c1-2-5-9(11)8-6-3-4-7-10-8/h2,5,8,10H,3-4,6-7H2,1H3/b5-2+/t8-/m0/s1. The zero-order valence-corrected chi connectivity index (χ0v) is 6.97. The van der Waals surface area contributed by atoms with Crippen molar-refractivity contribution in [2.45, 2.75) is 32.2 Å². The van der Waals surface area contributed by atoms with Crippen LogP contribution in [0.2, 0.25) is 0 Å². The molecule has 0 unspecified atom stereocenters. The first-order valence-electron chi connectivity index (χ1n) is 4.24. The Labute approximate surface area is 67.7 Å². The monoisotopic (exact) mass is 153 g/mol. The summed E-state index contributed by atoms with van der Waals surface area (Å²) in [6, 6.07) is 0.0972. The quantitative estimate of drug-likeness (QED) is 0.605. The fourth-order valence-corrected chi connectivity index (χ4v) is 1.38. The second kappa shape index (κ2) is 4.29. The van der Waals surface area contributed by atoms with Gasteiger partial charge in [-0.15, -0.1) is 0 Å². The minimum atomic E-state index is 0.0972. The van der Waals surface area contributed by atoms with Crippen LogP contribution in [0.5, 0.6) is 0 Å². The molecule has 0 aromatic carbocycles. The van der Waals surface area contributed by atoms with E-state index in [4.69, 9.17) is 0 Å². The van der Waals surface area contributed by atoms with Crippen molar-refractivity contribution >= 4 is 5.78 Å². The average molecular weight is 153 g/mol. The molecule has 2 nitrogen and oxygen atoms in total. The first-order valence-corrected chi connectivity index (χ1v) is 4.24. The summed E-state index contributed by atoms with van der Waals surface area (Å²) in [5, 5.41) is 3.20. The molecule has 2 heteroatoms. The Morgan fingerprint density at radius 3 is 2.91 bits per heavy atom. The number of hydrogen-bond acceptors (Lipinski definition) is 2. The SMILES string of the molecule is C/C=C/C(=O)[C@@H]1CCCCN1. The number of carbonyl (C=O) groups is 1. The third kappa shape index (κ3) is 2.46. The average Bonchev–Trinajstić information content (AvgIpc) is 2.07. The van der Waals surface area contributed by atoms with Gasteiger partial charge in [-0.25, -0.2) is 0 Å². The van der Waals surface area contributed by atoms with Gasteiger partial charge in [-0.05, 0) is 32.4 Å². The molecule has 1 atom stereocenters. The number of piperidine rings is 1. The molecular formula is C9H15NO. The van der Waals surface area contributed by atoms with E-state index >= 15 is 0 Å². The maximum absolute atomic E-state index is 11.2. The zero-order chi connectivity index (χ0) is 8.10. The Morgan fingerprint density at radius 1 is 1.55 bits per heavy atom. The van der Waals surface area contributed by atoms with Crippen LogP contribution < -0.4 is 5.32 Å². The van der Waals surface area contributed by atoms with Gasteiger partial charge in [-0.1, -0.05) is 12.5 Å². The van der Waals surface area contributed by atoms with Crippen LogP contribution in [0, 0.1) is 0 Å². The maximum Gasteiger partial charge on any atom is 0.172 e. The van der Waals surface area contributed by atoms with E-state index in [9.17, 15) is 4.79 Å². The molecule has 1 rings (SSSR count). The van der Waals surface area contributed by atoms with Crippen LogP contribution in [0.3, 0.4) is 0 Å². The van der Waals surface area contributed by atoms with Crippen LogP contribution in [0.1, 0.15) is 26.2 Å². The lowest BCUT2D eigenvalue weighted by Crippen LogP contribution is -2.39. The highest BCUT2D eigenvalue weighted by molar-refractivity contribution is 5.94. The van der Waals surface area contributed by atoms with Crippen LogP contribution in [0.25, 0.3) is 0 Å². The minimum Gasteiger partial charge on any atom is -0.307 e. The van der Waals surface area contributed by atoms with Crippen molar-refractivity contribution in [2.75, 3.05) is 6.54 Å². The fraction of sp³-hybridized carbons (Fsp3) is 0.667. The summed E-state index contributed by atoms with van der Waals surface area (Å²) < 4.78 is 0. The third-order valence-electron chi connectivity index (χ3n) is 1.98. The molecule has 1 N–H and O–H groups in total. The van der Waals surface area contributed by atoms with Crippen molar-refractivity contribution in [1.29, 1.82) is 0 Å². The lowest BCUT2D eigenvalue weighted by atomic mass is 10.0. The van der Waals surface area contributed by atoms with Crippen LogP contribution >= 0.6 is 0 Å². The summed E-state index contributed by atoms with van der Waals surface area (Å²) >= 11 is 0. The van der Waals surface area contributed by atoms with Crippen molar-refractivity contribution in [1.82, 2.24) is 5.32 Å². The lowest BCUT2D eigenvalue weighted by Gasteiger charge is -2.20. The van der Waals surface area contributed by atoms with E-state index in [1.54, 1.807) is 12.2 Å². The van der Waals surface area contributed by atoms with Gasteiger partial charge < -0.3 is 5.32 Å². The fourth-order valence-electron chi connectivity index (χ4n) is 1.38. The molecule has 0 aromatic rings. The Balaban J connectivity index is 2.38. The molecule has 0 radical (unpaired) electrons. The van der Waals surface area contributed by atoms with Crippen molar-refractivity contribution in [3.63, 3.8) is 0 Å². The third-order valence-corrected chi connectivity index (χ3v) is 1.98. The van der Waals surface area contributed by atoms with Gasteiger partial charge in [0.1, 0.15) is 0 Å². The van der Waals surface area contributed by atoms with E-state index in [1.807, 2.05) is 6.92 Å². The van der Waals surface area contributed by atoms with Crippen molar-refractivity contribution in [3.05, 3.63) is 12.2 Å². The van der Waals surface area contributed by atoms with Crippen molar-refractivity contribution < 1.29 is 4.79 Å². The van der Waals surface area contributed by atoms with E-state index in [1.165, 1.54) is 12.8 Å². The summed E-state index contributed by atoms with van der Waals surface area (Å²) in [5.74, 6) is 0.229. The molecule has 0 amide bonds. The van der Waals surface area contributed by atoms with E-state index < -0.39 is 0 Å². The Kier molecular flexibility index (Phi) is 3.30. The van der Waals surface area contributed by atoms with Gasteiger partial charge in [0.2, 0.25) is 0 Å². The van der Waals surface area contributed by atoms with E-state index in [2.05, 4.69) is 5.32 Å². The number of hydrogen-bond donors (Lipinski definition) is 1. The van der Waals surface area contributed by atoms with Gasteiger partial charge in [-0.2, -0.15) is 0 Å². The molecule has 0 saturated carbocycles. The predicted molar refractivity (Wildman–Crippen MR) is 45.5 cm³/mol. The van der Waals surface area contributed by atoms with Gasteiger partial charge in [-0.3, -0.25) is 4.79 Å². The Bertz CT molecular complexity index is 157. The molecule has 1 aliphatic heterocycles. The Morgan fingerprint density at radius 2 is 2.36 bits per heavy atom. The normalized spacial score (nSPS) is 25.7. The number of carbonyl (C=O) groups excluding carboxylic acids is 1. The Hall–Kier alpha value is -0.630.